The topological polar surface area (TPSA) is 64.1 Å². The Hall–Kier alpha value is -0.120. The van der Waals surface area contributed by atoms with Gasteiger partial charge in [0, 0.05) is 40.5 Å². The molecule has 0 radical (unpaired) electrons. The molecule has 0 aromatic rings. The number of hydrogen-bond donors (Lipinski definition) is 2. The van der Waals surface area contributed by atoms with Gasteiger partial charge >= 0.3 is 0 Å². The normalized spacial score (nSPS) is 11.4. The molecule has 6 nitrogen and oxygen atoms in total. The van der Waals surface area contributed by atoms with E-state index in [0.29, 0.717) is 25.7 Å². The van der Waals surface area contributed by atoms with E-state index in [0.717, 1.165) is 38.7 Å². The first kappa shape index (κ1) is 23.2. The molecule has 0 atom stereocenters. The van der Waals surface area contributed by atoms with E-state index in [1.807, 2.05) is 0 Å². The number of guanidine groups is 1. The Morgan fingerprint density at radius 3 is 2.33 bits per heavy atom. The van der Waals surface area contributed by atoms with E-state index in [1.54, 1.807) is 14.2 Å². The maximum absolute atomic E-state index is 5.51. The first-order valence-electron chi connectivity index (χ1n) is 7.29. The Morgan fingerprint density at radius 1 is 1.00 bits per heavy atom. The Bertz CT molecular complexity index is 242. The fourth-order valence-corrected chi connectivity index (χ4v) is 1.41. The Kier molecular flexibility index (Phi) is 19.8. The second-order valence-corrected chi connectivity index (χ2v) is 4.85. The van der Waals surface area contributed by atoms with Gasteiger partial charge in [-0.25, -0.2) is 0 Å². The van der Waals surface area contributed by atoms with Crippen LogP contribution in [0.5, 0.6) is 0 Å². The van der Waals surface area contributed by atoms with Crippen LogP contribution in [0.15, 0.2) is 4.99 Å². The van der Waals surface area contributed by atoms with Gasteiger partial charge in [0.25, 0.3) is 0 Å². The summed E-state index contributed by atoms with van der Waals surface area (Å²) < 4.78 is 15.8. The molecule has 0 amide bonds. The second-order valence-electron chi connectivity index (χ2n) is 4.85. The van der Waals surface area contributed by atoms with Crippen molar-refractivity contribution in [2.45, 2.75) is 20.3 Å². The zero-order valence-electron chi connectivity index (χ0n) is 13.8. The van der Waals surface area contributed by atoms with E-state index in [-0.39, 0.29) is 24.0 Å². The summed E-state index contributed by atoms with van der Waals surface area (Å²) in [6.07, 6.45) is 0.970. The van der Waals surface area contributed by atoms with Crippen LogP contribution in [0.25, 0.3) is 0 Å². The molecule has 0 fully saturated rings. The van der Waals surface area contributed by atoms with Crippen molar-refractivity contribution in [2.24, 2.45) is 10.9 Å². The van der Waals surface area contributed by atoms with Gasteiger partial charge in [0.05, 0.1) is 19.8 Å². The van der Waals surface area contributed by atoms with Gasteiger partial charge in [-0.2, -0.15) is 0 Å². The number of halogens is 1. The van der Waals surface area contributed by atoms with E-state index in [2.05, 4.69) is 29.5 Å². The van der Waals surface area contributed by atoms with Crippen LogP contribution in [-0.4, -0.2) is 66.2 Å². The van der Waals surface area contributed by atoms with Crippen LogP contribution in [-0.2, 0) is 14.2 Å². The summed E-state index contributed by atoms with van der Waals surface area (Å²) in [6, 6.07) is 0. The van der Waals surface area contributed by atoms with E-state index >= 15 is 0 Å². The summed E-state index contributed by atoms with van der Waals surface area (Å²) in [4.78, 5) is 4.14. The molecule has 0 saturated heterocycles. The number of hydrogen-bond acceptors (Lipinski definition) is 4. The Balaban J connectivity index is 0. The maximum atomic E-state index is 5.51. The summed E-state index contributed by atoms with van der Waals surface area (Å²) in [5, 5.41) is 6.43. The average Bonchev–Trinajstić information content (AvgIpc) is 2.43. The molecule has 0 unspecified atom stereocenters. The summed E-state index contributed by atoms with van der Waals surface area (Å²) in [6.45, 7) is 9.38. The number of nitrogens with one attached hydrogen (secondary N) is 2. The minimum absolute atomic E-state index is 0. The van der Waals surface area contributed by atoms with Crippen molar-refractivity contribution in [1.82, 2.24) is 10.6 Å². The molecule has 0 heterocycles. The van der Waals surface area contributed by atoms with Crippen LogP contribution in [0.4, 0.5) is 0 Å². The monoisotopic (exact) mass is 417 g/mol. The highest BCUT2D eigenvalue weighted by molar-refractivity contribution is 14.0. The van der Waals surface area contributed by atoms with Crippen molar-refractivity contribution in [1.29, 1.82) is 0 Å². The lowest BCUT2D eigenvalue weighted by Crippen LogP contribution is -2.39. The van der Waals surface area contributed by atoms with Gasteiger partial charge < -0.3 is 24.8 Å². The lowest BCUT2D eigenvalue weighted by Gasteiger charge is -2.12. The van der Waals surface area contributed by atoms with Gasteiger partial charge in [-0.05, 0) is 12.3 Å². The highest BCUT2D eigenvalue weighted by Crippen LogP contribution is 1.92. The minimum atomic E-state index is 0. The molecular formula is C14H32IN3O3. The zero-order chi connectivity index (χ0) is 15.1. The Morgan fingerprint density at radius 2 is 1.71 bits per heavy atom. The zero-order valence-corrected chi connectivity index (χ0v) is 16.1. The highest BCUT2D eigenvalue weighted by atomic mass is 127. The van der Waals surface area contributed by atoms with Crippen molar-refractivity contribution in [2.75, 3.05) is 60.3 Å². The first-order valence-corrected chi connectivity index (χ1v) is 7.29. The smallest absolute Gasteiger partial charge is 0.191 e. The minimum Gasteiger partial charge on any atom is -0.382 e. The third-order valence-corrected chi connectivity index (χ3v) is 2.40. The number of methoxy groups -OCH3 is 1. The molecule has 0 aliphatic rings. The molecule has 0 rings (SSSR count). The molecule has 128 valence electrons. The van der Waals surface area contributed by atoms with E-state index in [4.69, 9.17) is 14.2 Å². The number of rotatable bonds is 12. The van der Waals surface area contributed by atoms with Gasteiger partial charge in [-0.3, -0.25) is 4.99 Å². The van der Waals surface area contributed by atoms with Crippen LogP contribution in [0, 0.1) is 5.92 Å². The van der Waals surface area contributed by atoms with Gasteiger partial charge in [-0.1, -0.05) is 13.8 Å². The standard InChI is InChI=1S/C14H31N3O3.HI/c1-13(2)12-20-8-5-6-16-14(15-3)17-7-9-19-11-10-18-4;/h13H,5-12H2,1-4H3,(H2,15,16,17);1H. The van der Waals surface area contributed by atoms with Crippen LogP contribution in [0.2, 0.25) is 0 Å². The van der Waals surface area contributed by atoms with Crippen molar-refractivity contribution < 1.29 is 14.2 Å². The summed E-state index contributed by atoms with van der Waals surface area (Å²) in [7, 11) is 3.43. The second kappa shape index (κ2) is 17.9. The quantitative estimate of drug-likeness (QED) is 0.218. The largest absolute Gasteiger partial charge is 0.382 e. The lowest BCUT2D eigenvalue weighted by molar-refractivity contribution is 0.0733. The van der Waals surface area contributed by atoms with E-state index < -0.39 is 0 Å². The van der Waals surface area contributed by atoms with Crippen LogP contribution < -0.4 is 10.6 Å². The molecule has 2 N–H and O–H groups in total. The van der Waals surface area contributed by atoms with Gasteiger partial charge in [0.2, 0.25) is 0 Å². The van der Waals surface area contributed by atoms with Crippen LogP contribution >= 0.6 is 24.0 Å². The van der Waals surface area contributed by atoms with Gasteiger partial charge in [-0.15, -0.1) is 24.0 Å². The van der Waals surface area contributed by atoms with Crippen molar-refractivity contribution in [3.63, 3.8) is 0 Å². The number of nitrogens with zero attached hydrogens (tertiary/aromatic N) is 1. The van der Waals surface area contributed by atoms with Crippen molar-refractivity contribution >= 4 is 29.9 Å². The molecule has 0 aliphatic heterocycles. The summed E-state index contributed by atoms with van der Waals surface area (Å²) in [5.41, 5.74) is 0. The van der Waals surface area contributed by atoms with Crippen molar-refractivity contribution in [3.8, 4) is 0 Å². The van der Waals surface area contributed by atoms with E-state index in [1.165, 1.54) is 0 Å². The fraction of sp³-hybridized carbons (Fsp3) is 0.929. The highest BCUT2D eigenvalue weighted by Gasteiger charge is 1.97. The molecule has 7 heteroatoms. The molecule has 0 spiro atoms. The van der Waals surface area contributed by atoms with Crippen LogP contribution in [0.1, 0.15) is 20.3 Å². The fourth-order valence-electron chi connectivity index (χ4n) is 1.41. The predicted molar refractivity (Wildman–Crippen MR) is 97.7 cm³/mol. The van der Waals surface area contributed by atoms with Gasteiger partial charge in [0.1, 0.15) is 0 Å². The maximum Gasteiger partial charge on any atom is 0.191 e. The Labute approximate surface area is 146 Å². The SMILES string of the molecule is CN=C(NCCCOCC(C)C)NCCOCCOC.I. The number of aliphatic imine (C=N–C) groups is 1. The first-order chi connectivity index (χ1) is 9.70. The third kappa shape index (κ3) is 17.8. The molecule has 0 bridgehead atoms. The molecule has 0 aromatic carbocycles. The van der Waals surface area contributed by atoms with E-state index in [9.17, 15) is 0 Å². The summed E-state index contributed by atoms with van der Waals surface area (Å²) >= 11 is 0. The molecule has 0 aliphatic carbocycles. The molecule has 21 heavy (non-hydrogen) atoms. The summed E-state index contributed by atoms with van der Waals surface area (Å²) in [5.74, 6) is 1.39. The van der Waals surface area contributed by atoms with Crippen molar-refractivity contribution in [3.05, 3.63) is 0 Å². The molecule has 0 aromatic heterocycles. The average molecular weight is 417 g/mol. The van der Waals surface area contributed by atoms with Gasteiger partial charge in [0.15, 0.2) is 5.96 Å². The predicted octanol–water partition coefficient (Wildman–Crippen LogP) is 1.50. The molecular weight excluding hydrogens is 385 g/mol. The lowest BCUT2D eigenvalue weighted by atomic mass is 10.2. The third-order valence-electron chi connectivity index (χ3n) is 2.40. The van der Waals surface area contributed by atoms with Crippen LogP contribution in [0.3, 0.4) is 0 Å². The number of ether oxygens (including phenoxy) is 3. The molecule has 0 saturated carbocycles.